The van der Waals surface area contributed by atoms with Crippen LogP contribution in [0.2, 0.25) is 0 Å². The van der Waals surface area contributed by atoms with Crippen molar-refractivity contribution in [2.24, 2.45) is 7.05 Å². The number of nitrogens with one attached hydrogen (secondary N) is 1. The van der Waals surface area contributed by atoms with E-state index in [1.54, 1.807) is 7.05 Å². The number of aliphatic hydroxyl groups excluding tert-OH is 1. The molecule has 0 aliphatic heterocycles. The maximum Gasteiger partial charge on any atom is 0.280 e. The number of fused-ring (bicyclic) bond motifs is 1. The topological polar surface area (TPSA) is 85.0 Å². The lowest BCUT2D eigenvalue weighted by Crippen LogP contribution is -2.38. The molecule has 0 amide bonds. The predicted octanol–water partition coefficient (Wildman–Crippen LogP) is 2.20. The fourth-order valence-electron chi connectivity index (χ4n) is 3.80. The van der Waals surface area contributed by atoms with E-state index in [4.69, 9.17) is 0 Å². The summed E-state index contributed by atoms with van der Waals surface area (Å²) in [6.07, 6.45) is 3.34. The number of rotatable bonds is 4. The molecule has 1 fully saturated rings. The number of hydrogen-bond acceptors (Lipinski definition) is 5. The molecule has 7 nitrogen and oxygen atoms in total. The highest BCUT2D eigenvalue weighted by molar-refractivity contribution is 5.72. The van der Waals surface area contributed by atoms with Crippen LogP contribution in [0.25, 0.3) is 11.2 Å². The second kappa shape index (κ2) is 7.15. The van der Waals surface area contributed by atoms with Gasteiger partial charge < -0.3 is 15.0 Å². The van der Waals surface area contributed by atoms with Crippen molar-refractivity contribution in [1.29, 1.82) is 0 Å². The fraction of sp³-hybridized carbons (Fsp3) is 0.450. The molecular formula is C20H25N5O2. The lowest BCUT2D eigenvalue weighted by molar-refractivity contribution is 0.116. The molecule has 2 aromatic heterocycles. The average Bonchev–Trinajstić information content (AvgIpc) is 2.97. The molecule has 0 bridgehead atoms. The van der Waals surface area contributed by atoms with E-state index in [1.165, 1.54) is 4.57 Å². The first-order valence-corrected chi connectivity index (χ1v) is 9.47. The van der Waals surface area contributed by atoms with Gasteiger partial charge in [-0.1, -0.05) is 43.2 Å². The average molecular weight is 367 g/mol. The Kier molecular flexibility index (Phi) is 4.70. The van der Waals surface area contributed by atoms with Gasteiger partial charge in [0.15, 0.2) is 11.2 Å². The van der Waals surface area contributed by atoms with E-state index < -0.39 is 6.10 Å². The van der Waals surface area contributed by atoms with Crippen LogP contribution in [0.5, 0.6) is 0 Å². The summed E-state index contributed by atoms with van der Waals surface area (Å²) < 4.78 is 3.44. The van der Waals surface area contributed by atoms with E-state index in [9.17, 15) is 9.90 Å². The third kappa shape index (κ3) is 3.35. The first kappa shape index (κ1) is 17.7. The summed E-state index contributed by atoms with van der Waals surface area (Å²) in [7, 11) is 1.71. The number of hydrogen-bond donors (Lipinski definition) is 2. The standard InChI is InChI=1S/C20H25N5O2/c1-13-21-18-17(25(13)12-14-8-4-3-5-9-14)19(27)24(2)20(23-18)22-15-10-6-7-11-16(15)26/h3-5,8-9,15-16,26H,6-7,10-12H2,1-2H3,(H,22,23)/t15-,16-/m0/s1. The van der Waals surface area contributed by atoms with Crippen molar-refractivity contribution in [2.45, 2.75) is 51.3 Å². The summed E-state index contributed by atoms with van der Waals surface area (Å²) in [6, 6.07) is 9.92. The van der Waals surface area contributed by atoms with Gasteiger partial charge in [-0.25, -0.2) is 4.98 Å². The van der Waals surface area contributed by atoms with Crippen LogP contribution in [0.4, 0.5) is 5.95 Å². The van der Waals surface area contributed by atoms with Gasteiger partial charge in [0.2, 0.25) is 5.95 Å². The third-order valence-corrected chi connectivity index (χ3v) is 5.40. The summed E-state index contributed by atoms with van der Waals surface area (Å²) in [5.74, 6) is 1.22. The van der Waals surface area contributed by atoms with Gasteiger partial charge in [-0.2, -0.15) is 4.98 Å². The van der Waals surface area contributed by atoms with E-state index in [1.807, 2.05) is 41.8 Å². The lowest BCUT2D eigenvalue weighted by atomic mass is 9.93. The molecule has 2 N–H and O–H groups in total. The molecular weight excluding hydrogens is 342 g/mol. The number of imidazole rings is 1. The van der Waals surface area contributed by atoms with E-state index in [0.29, 0.717) is 23.7 Å². The van der Waals surface area contributed by atoms with Crippen molar-refractivity contribution >= 4 is 17.1 Å². The van der Waals surface area contributed by atoms with Gasteiger partial charge in [0.1, 0.15) is 5.82 Å². The Labute approximate surface area is 157 Å². The van der Waals surface area contributed by atoms with Crippen molar-refractivity contribution in [1.82, 2.24) is 19.1 Å². The minimum Gasteiger partial charge on any atom is -0.391 e. The van der Waals surface area contributed by atoms with Crippen molar-refractivity contribution in [2.75, 3.05) is 5.32 Å². The number of aryl methyl sites for hydroxylation is 1. The van der Waals surface area contributed by atoms with Crippen LogP contribution >= 0.6 is 0 Å². The first-order chi connectivity index (χ1) is 13.0. The van der Waals surface area contributed by atoms with Crippen LogP contribution in [-0.4, -0.2) is 36.4 Å². The summed E-state index contributed by atoms with van der Waals surface area (Å²) in [5.41, 5.74) is 1.92. The first-order valence-electron chi connectivity index (χ1n) is 9.47. The van der Waals surface area contributed by atoms with Crippen molar-refractivity contribution in [3.05, 3.63) is 52.1 Å². The number of aromatic nitrogens is 4. The van der Waals surface area contributed by atoms with Crippen LogP contribution in [0.1, 0.15) is 37.1 Å². The van der Waals surface area contributed by atoms with Crippen LogP contribution < -0.4 is 10.9 Å². The van der Waals surface area contributed by atoms with Crippen LogP contribution in [0.15, 0.2) is 35.1 Å². The van der Waals surface area contributed by atoms with Crippen LogP contribution in [-0.2, 0) is 13.6 Å². The Morgan fingerprint density at radius 1 is 1.19 bits per heavy atom. The van der Waals surface area contributed by atoms with E-state index in [2.05, 4.69) is 15.3 Å². The van der Waals surface area contributed by atoms with Crippen LogP contribution in [0, 0.1) is 6.92 Å². The number of aliphatic hydroxyl groups is 1. The molecule has 2 heterocycles. The number of anilines is 1. The summed E-state index contributed by atoms with van der Waals surface area (Å²) in [4.78, 5) is 22.2. The zero-order valence-electron chi connectivity index (χ0n) is 15.7. The molecule has 3 aromatic rings. The maximum atomic E-state index is 13.1. The predicted molar refractivity (Wildman–Crippen MR) is 105 cm³/mol. The second-order valence-corrected chi connectivity index (χ2v) is 7.31. The quantitative estimate of drug-likeness (QED) is 0.738. The molecule has 2 atom stereocenters. The lowest BCUT2D eigenvalue weighted by Gasteiger charge is -2.29. The minimum atomic E-state index is -0.413. The van der Waals surface area contributed by atoms with E-state index in [0.717, 1.165) is 37.1 Å². The monoisotopic (exact) mass is 367 g/mol. The molecule has 142 valence electrons. The molecule has 0 radical (unpaired) electrons. The Balaban J connectivity index is 1.73. The highest BCUT2D eigenvalue weighted by Gasteiger charge is 2.25. The van der Waals surface area contributed by atoms with Crippen LogP contribution in [0.3, 0.4) is 0 Å². The van der Waals surface area contributed by atoms with Gasteiger partial charge in [-0.3, -0.25) is 9.36 Å². The third-order valence-electron chi connectivity index (χ3n) is 5.40. The molecule has 1 aliphatic rings. The van der Waals surface area contributed by atoms with E-state index in [-0.39, 0.29) is 11.6 Å². The molecule has 0 spiro atoms. The number of nitrogens with zero attached hydrogens (tertiary/aromatic N) is 4. The molecule has 27 heavy (non-hydrogen) atoms. The van der Waals surface area contributed by atoms with Gasteiger partial charge in [-0.05, 0) is 25.3 Å². The molecule has 4 rings (SSSR count). The van der Waals surface area contributed by atoms with Crippen molar-refractivity contribution in [3.63, 3.8) is 0 Å². The second-order valence-electron chi connectivity index (χ2n) is 7.31. The highest BCUT2D eigenvalue weighted by atomic mass is 16.3. The summed E-state index contributed by atoms with van der Waals surface area (Å²) in [6.45, 7) is 2.47. The zero-order chi connectivity index (χ0) is 19.0. The van der Waals surface area contributed by atoms with Gasteiger partial charge >= 0.3 is 0 Å². The molecule has 1 aromatic carbocycles. The Morgan fingerprint density at radius 2 is 1.93 bits per heavy atom. The molecule has 0 saturated heterocycles. The SMILES string of the molecule is Cc1nc2nc(N[C@H]3CCCC[C@@H]3O)n(C)c(=O)c2n1Cc1ccccc1. The van der Waals surface area contributed by atoms with Crippen molar-refractivity contribution in [3.8, 4) is 0 Å². The maximum absolute atomic E-state index is 13.1. The summed E-state index contributed by atoms with van der Waals surface area (Å²) >= 11 is 0. The number of benzene rings is 1. The molecule has 0 unspecified atom stereocenters. The van der Waals surface area contributed by atoms with Gasteiger partial charge in [-0.15, -0.1) is 0 Å². The Bertz CT molecular complexity index is 1010. The minimum absolute atomic E-state index is 0.0817. The highest BCUT2D eigenvalue weighted by Crippen LogP contribution is 2.22. The van der Waals surface area contributed by atoms with Crippen molar-refractivity contribution < 1.29 is 5.11 Å². The van der Waals surface area contributed by atoms with Gasteiger partial charge in [0.05, 0.1) is 12.1 Å². The Hall–Kier alpha value is -2.67. The normalized spacial score (nSPS) is 20.1. The van der Waals surface area contributed by atoms with E-state index >= 15 is 0 Å². The van der Waals surface area contributed by atoms with Gasteiger partial charge in [0, 0.05) is 13.6 Å². The molecule has 7 heteroatoms. The molecule has 1 saturated carbocycles. The smallest absolute Gasteiger partial charge is 0.280 e. The Morgan fingerprint density at radius 3 is 2.67 bits per heavy atom. The largest absolute Gasteiger partial charge is 0.391 e. The summed E-state index contributed by atoms with van der Waals surface area (Å²) in [5, 5.41) is 13.5. The fourth-order valence-corrected chi connectivity index (χ4v) is 3.80. The molecule has 1 aliphatic carbocycles. The van der Waals surface area contributed by atoms with Gasteiger partial charge in [0.25, 0.3) is 5.56 Å². The zero-order valence-corrected chi connectivity index (χ0v) is 15.7.